The van der Waals surface area contributed by atoms with Crippen LogP contribution < -0.4 is 19.9 Å². The lowest BCUT2D eigenvalue weighted by Crippen LogP contribution is -2.52. The Labute approximate surface area is 346 Å². The number of nitrogens with one attached hydrogen (secondary N) is 2. The molecule has 6 heterocycles. The van der Waals surface area contributed by atoms with Crippen LogP contribution in [0.3, 0.4) is 0 Å². The van der Waals surface area contributed by atoms with Gasteiger partial charge in [0.2, 0.25) is 11.8 Å². The van der Waals surface area contributed by atoms with E-state index in [0.29, 0.717) is 25.9 Å². The molecule has 6 aliphatic rings. The summed E-state index contributed by atoms with van der Waals surface area (Å²) in [5.41, 5.74) is 2.31. The van der Waals surface area contributed by atoms with E-state index < -0.39 is 35.4 Å². The van der Waals surface area contributed by atoms with E-state index in [2.05, 4.69) is 37.3 Å². The summed E-state index contributed by atoms with van der Waals surface area (Å²) in [6.45, 7) is 4.52. The normalized spacial score (nSPS) is 24.9. The summed E-state index contributed by atoms with van der Waals surface area (Å²) in [5, 5.41) is 10.9. The summed E-state index contributed by atoms with van der Waals surface area (Å²) in [4.78, 5) is 51.6. The molecule has 316 valence electrons. The minimum atomic E-state index is -0.895. The highest BCUT2D eigenvalue weighted by Gasteiger charge is 2.43. The lowest BCUT2D eigenvalue weighted by molar-refractivity contribution is -0.136. The van der Waals surface area contributed by atoms with Crippen molar-refractivity contribution in [3.8, 4) is 17.1 Å². The number of anilines is 2. The van der Waals surface area contributed by atoms with Crippen molar-refractivity contribution in [1.29, 1.82) is 0 Å². The van der Waals surface area contributed by atoms with Gasteiger partial charge in [0.15, 0.2) is 5.82 Å². The molecule has 2 aromatic heterocycles. The highest BCUT2D eigenvalue weighted by Crippen LogP contribution is 2.41. The first-order valence-corrected chi connectivity index (χ1v) is 21.5. The second-order valence-electron chi connectivity index (χ2n) is 17.6. The van der Waals surface area contributed by atoms with Crippen LogP contribution >= 0.6 is 0 Å². The number of H-pyrrole nitrogens is 1. The predicted octanol–water partition coefficient (Wildman–Crippen LogP) is 5.97. The van der Waals surface area contributed by atoms with Crippen molar-refractivity contribution in [2.45, 2.75) is 127 Å². The number of benzene rings is 2. The van der Waals surface area contributed by atoms with Gasteiger partial charge in [-0.2, -0.15) is 5.10 Å². The molecule has 4 aromatic rings. The molecular formula is C44H50F2N8O6. The molecule has 1 atom stereocenters. The summed E-state index contributed by atoms with van der Waals surface area (Å²) in [6, 6.07) is 8.25. The average molecular weight is 825 g/mol. The number of carbonyl (C=O) groups is 3. The van der Waals surface area contributed by atoms with E-state index in [1.165, 1.54) is 4.90 Å². The second-order valence-corrected chi connectivity index (χ2v) is 17.6. The molecule has 2 aliphatic carbocycles. The van der Waals surface area contributed by atoms with Gasteiger partial charge in [0.1, 0.15) is 46.7 Å². The highest BCUT2D eigenvalue weighted by molar-refractivity contribution is 6.05. The zero-order valence-electron chi connectivity index (χ0n) is 33.8. The molecule has 1 unspecified atom stereocenters. The smallest absolute Gasteiger partial charge is 0.255 e. The van der Waals surface area contributed by atoms with E-state index in [-0.39, 0.29) is 66.2 Å². The molecule has 3 amide bonds. The van der Waals surface area contributed by atoms with Crippen LogP contribution in [0.4, 0.5) is 20.3 Å². The number of halogens is 2. The quantitative estimate of drug-likeness (QED) is 0.182. The first-order valence-electron chi connectivity index (χ1n) is 21.5. The lowest BCUT2D eigenvalue weighted by atomic mass is 9.93. The Morgan fingerprint density at radius 1 is 0.800 bits per heavy atom. The summed E-state index contributed by atoms with van der Waals surface area (Å²) in [6.07, 6.45) is 11.3. The number of rotatable bonds is 10. The molecule has 0 radical (unpaired) electrons. The first kappa shape index (κ1) is 38.9. The van der Waals surface area contributed by atoms with Gasteiger partial charge in [-0.25, -0.2) is 18.7 Å². The second kappa shape index (κ2) is 15.7. The maximum atomic E-state index is 15.9. The van der Waals surface area contributed by atoms with Crippen LogP contribution in [0.25, 0.3) is 22.3 Å². The van der Waals surface area contributed by atoms with Gasteiger partial charge < -0.3 is 28.9 Å². The number of piperidine rings is 3. The number of hydrogen-bond acceptors (Lipinski definition) is 11. The molecule has 2 N–H and O–H groups in total. The van der Waals surface area contributed by atoms with Crippen molar-refractivity contribution in [2.24, 2.45) is 0 Å². The topological polar surface area (TPSA) is 155 Å². The Morgan fingerprint density at radius 2 is 1.47 bits per heavy atom. The Kier molecular flexibility index (Phi) is 10.2. The van der Waals surface area contributed by atoms with Gasteiger partial charge in [-0.05, 0) is 102 Å². The molecule has 2 saturated carbocycles. The van der Waals surface area contributed by atoms with Crippen molar-refractivity contribution in [2.75, 3.05) is 36.0 Å². The Bertz CT molecular complexity index is 2310. The maximum absolute atomic E-state index is 15.9. The van der Waals surface area contributed by atoms with Gasteiger partial charge in [0, 0.05) is 49.6 Å². The molecule has 4 aliphatic heterocycles. The van der Waals surface area contributed by atoms with Crippen LogP contribution in [0.5, 0.6) is 5.75 Å². The standard InChI is InChI=1S/C44H50F2N8O6/c1-44(14-15-44)60-29-6-7-34-31(20-29)40(51-50-34)35-22-37(48-24-47-35)52-16-10-27(11-17-52)58-25-2-4-26(5-3-25)59-28-12-18-53(19-13-28)41-33(45)21-30-32(39(41)46)23-54(43(30)57)36-8-9-38(55)49-42(36)56/h6-7,20-22,24-28,36H,2-5,8-19,23H2,1H3,(H,50,51)(H,49,55,56)/t25-,26-,36?. The Balaban J connectivity index is 0.675. The minimum absolute atomic E-state index is 0.00495. The zero-order valence-corrected chi connectivity index (χ0v) is 33.8. The number of carbonyl (C=O) groups excluding carboxylic acids is 3. The third kappa shape index (κ3) is 7.68. The van der Waals surface area contributed by atoms with Crippen molar-refractivity contribution in [3.05, 3.63) is 59.4 Å². The number of aromatic nitrogens is 4. The van der Waals surface area contributed by atoms with Crippen molar-refractivity contribution >= 4 is 40.1 Å². The van der Waals surface area contributed by atoms with Crippen molar-refractivity contribution < 1.29 is 37.4 Å². The van der Waals surface area contributed by atoms with E-state index in [9.17, 15) is 14.4 Å². The van der Waals surface area contributed by atoms with E-state index in [0.717, 1.165) is 104 Å². The van der Waals surface area contributed by atoms with Crippen LogP contribution in [0.2, 0.25) is 0 Å². The Morgan fingerprint density at radius 3 is 2.13 bits per heavy atom. The molecule has 60 heavy (non-hydrogen) atoms. The molecular weight excluding hydrogens is 775 g/mol. The third-order valence-electron chi connectivity index (χ3n) is 13.4. The zero-order chi connectivity index (χ0) is 41.1. The molecule has 3 saturated heterocycles. The van der Waals surface area contributed by atoms with Gasteiger partial charge in [0.05, 0.1) is 47.7 Å². The molecule has 0 bridgehead atoms. The number of imide groups is 1. The van der Waals surface area contributed by atoms with E-state index in [1.54, 1.807) is 11.2 Å². The molecule has 5 fully saturated rings. The summed E-state index contributed by atoms with van der Waals surface area (Å²) in [7, 11) is 0. The minimum Gasteiger partial charge on any atom is -0.488 e. The number of aromatic amines is 1. The van der Waals surface area contributed by atoms with E-state index in [4.69, 9.17) is 14.2 Å². The number of nitrogens with zero attached hydrogens (tertiary/aromatic N) is 6. The molecule has 14 nitrogen and oxygen atoms in total. The fourth-order valence-electron chi connectivity index (χ4n) is 9.66. The number of fused-ring (bicyclic) bond motifs is 2. The average Bonchev–Trinajstić information content (AvgIpc) is 3.67. The maximum Gasteiger partial charge on any atom is 0.255 e. The largest absolute Gasteiger partial charge is 0.488 e. The van der Waals surface area contributed by atoms with E-state index in [1.807, 2.05) is 24.3 Å². The monoisotopic (exact) mass is 824 g/mol. The van der Waals surface area contributed by atoms with Crippen molar-refractivity contribution in [3.63, 3.8) is 0 Å². The fourth-order valence-corrected chi connectivity index (χ4v) is 9.66. The van der Waals surface area contributed by atoms with Crippen LogP contribution in [0.15, 0.2) is 36.7 Å². The van der Waals surface area contributed by atoms with Crippen LogP contribution in [-0.4, -0.2) is 105 Å². The Hall–Kier alpha value is -5.22. The van der Waals surface area contributed by atoms with Gasteiger partial charge >= 0.3 is 0 Å². The predicted molar refractivity (Wildman–Crippen MR) is 216 cm³/mol. The van der Waals surface area contributed by atoms with Gasteiger partial charge in [-0.3, -0.25) is 24.8 Å². The molecule has 0 spiro atoms. The molecule has 2 aromatic carbocycles. The van der Waals surface area contributed by atoms with Crippen LogP contribution in [-0.2, 0) is 25.6 Å². The van der Waals surface area contributed by atoms with Crippen LogP contribution in [0.1, 0.15) is 99.9 Å². The molecule has 16 heteroatoms. The SMILES string of the molecule is CC1(Oc2ccc3[nH]nc(-c4cc(N5CCC(O[C@H]6CC[C@H](OC7CCN(c8c(F)cc9c(c8F)CN(C8CCC(=O)NC8=O)C9=O)CC7)CC6)CC5)ncn4)c3c2)CC1. The molecule has 10 rings (SSSR count). The summed E-state index contributed by atoms with van der Waals surface area (Å²) in [5.74, 6) is -1.43. The first-order chi connectivity index (χ1) is 29.1. The summed E-state index contributed by atoms with van der Waals surface area (Å²) < 4.78 is 50.8. The van der Waals surface area contributed by atoms with E-state index >= 15 is 8.78 Å². The van der Waals surface area contributed by atoms with Gasteiger partial charge in [0.25, 0.3) is 5.91 Å². The third-order valence-corrected chi connectivity index (χ3v) is 13.4. The summed E-state index contributed by atoms with van der Waals surface area (Å²) >= 11 is 0. The number of hydrogen-bond donors (Lipinski definition) is 2. The lowest BCUT2D eigenvalue weighted by Gasteiger charge is -2.38. The number of ether oxygens (including phenoxy) is 3. The van der Waals surface area contributed by atoms with Gasteiger partial charge in [-0.1, -0.05) is 0 Å². The van der Waals surface area contributed by atoms with Gasteiger partial charge in [-0.15, -0.1) is 0 Å². The fraction of sp³-hybridized carbons (Fsp3) is 0.545. The van der Waals surface area contributed by atoms with Crippen molar-refractivity contribution in [1.82, 2.24) is 30.4 Å². The highest BCUT2D eigenvalue weighted by atomic mass is 19.1. The van der Waals surface area contributed by atoms with Crippen LogP contribution in [0, 0.1) is 11.6 Å². The number of amides is 3.